The van der Waals surface area contributed by atoms with Gasteiger partial charge in [0.25, 0.3) is 5.69 Å². The third kappa shape index (κ3) is 4.74. The zero-order chi connectivity index (χ0) is 22.6. The highest BCUT2D eigenvalue weighted by atomic mass is 16.7. The Bertz CT molecular complexity index is 1200. The second kappa shape index (κ2) is 8.94. The first kappa shape index (κ1) is 20.4. The largest absolute Gasteiger partial charge is 0.454 e. The third-order valence-corrected chi connectivity index (χ3v) is 5.12. The summed E-state index contributed by atoms with van der Waals surface area (Å²) in [7, 11) is 0. The highest BCUT2D eigenvalue weighted by molar-refractivity contribution is 5.81. The van der Waals surface area contributed by atoms with Crippen LogP contribution in [0.5, 0.6) is 11.5 Å². The molecular formula is C21H20N8O4. The van der Waals surface area contributed by atoms with Crippen molar-refractivity contribution in [1.82, 2.24) is 15.0 Å². The summed E-state index contributed by atoms with van der Waals surface area (Å²) in [6.07, 6.45) is 3.77. The van der Waals surface area contributed by atoms with Crippen LogP contribution in [0.15, 0.2) is 47.6 Å². The molecule has 0 radical (unpaired) electrons. The van der Waals surface area contributed by atoms with E-state index in [0.29, 0.717) is 29.1 Å². The molecule has 0 bridgehead atoms. The number of hydrogen-bond acceptors (Lipinski definition) is 11. The summed E-state index contributed by atoms with van der Waals surface area (Å²) in [4.78, 5) is 25.9. The van der Waals surface area contributed by atoms with Gasteiger partial charge in [0.05, 0.1) is 11.1 Å². The topological polar surface area (TPSA) is 140 Å². The molecule has 0 spiro atoms. The predicted octanol–water partition coefficient (Wildman–Crippen LogP) is 3.30. The minimum absolute atomic E-state index is 0.00848. The number of nitro groups is 1. The van der Waals surface area contributed by atoms with E-state index in [2.05, 4.69) is 35.7 Å². The molecule has 2 N–H and O–H groups in total. The average Bonchev–Trinajstić information content (AvgIpc) is 3.51. The first-order valence-electron chi connectivity index (χ1n) is 10.4. The number of rotatable bonds is 7. The van der Waals surface area contributed by atoms with Crippen molar-refractivity contribution in [3.8, 4) is 11.5 Å². The van der Waals surface area contributed by atoms with Crippen molar-refractivity contribution >= 4 is 35.4 Å². The van der Waals surface area contributed by atoms with E-state index in [-0.39, 0.29) is 18.4 Å². The van der Waals surface area contributed by atoms with E-state index in [0.717, 1.165) is 31.5 Å². The molecule has 12 nitrogen and oxygen atoms in total. The van der Waals surface area contributed by atoms with Crippen LogP contribution in [0.4, 0.5) is 29.2 Å². The fourth-order valence-corrected chi connectivity index (χ4v) is 3.48. The molecule has 2 aromatic carbocycles. The van der Waals surface area contributed by atoms with Crippen molar-refractivity contribution in [1.29, 1.82) is 0 Å². The number of nitro benzene ring substituents is 1. The van der Waals surface area contributed by atoms with Gasteiger partial charge in [-0.15, -0.1) is 0 Å². The number of ether oxygens (including phenoxy) is 2. The molecule has 168 valence electrons. The summed E-state index contributed by atoms with van der Waals surface area (Å²) < 4.78 is 10.7. The summed E-state index contributed by atoms with van der Waals surface area (Å²) in [5.74, 6) is 2.49. The molecule has 0 amide bonds. The smallest absolute Gasteiger partial charge is 0.269 e. The molecule has 1 saturated heterocycles. The molecular weight excluding hydrogens is 428 g/mol. The van der Waals surface area contributed by atoms with E-state index in [9.17, 15) is 10.1 Å². The number of non-ortho nitro benzene ring substituents is 1. The van der Waals surface area contributed by atoms with Crippen LogP contribution in [0.2, 0.25) is 0 Å². The van der Waals surface area contributed by atoms with Crippen molar-refractivity contribution in [2.75, 3.05) is 35.5 Å². The van der Waals surface area contributed by atoms with Crippen LogP contribution in [-0.4, -0.2) is 46.0 Å². The lowest BCUT2D eigenvalue weighted by Crippen LogP contribution is -2.21. The van der Waals surface area contributed by atoms with Gasteiger partial charge in [-0.1, -0.05) is 0 Å². The molecule has 0 saturated carbocycles. The Morgan fingerprint density at radius 3 is 2.55 bits per heavy atom. The Balaban J connectivity index is 1.35. The number of hydrogen-bond donors (Lipinski definition) is 2. The molecule has 0 atom stereocenters. The van der Waals surface area contributed by atoms with Crippen molar-refractivity contribution in [3.05, 3.63) is 58.1 Å². The maximum Gasteiger partial charge on any atom is 0.269 e. The first-order valence-corrected chi connectivity index (χ1v) is 10.4. The fraction of sp³-hybridized carbons (Fsp3) is 0.238. The van der Waals surface area contributed by atoms with Gasteiger partial charge in [0, 0.05) is 30.9 Å². The van der Waals surface area contributed by atoms with Gasteiger partial charge in [0.1, 0.15) is 0 Å². The second-order valence-corrected chi connectivity index (χ2v) is 7.39. The summed E-state index contributed by atoms with van der Waals surface area (Å²) in [6, 6.07) is 11.6. The quantitative estimate of drug-likeness (QED) is 0.314. The lowest BCUT2D eigenvalue weighted by atomic mass is 10.2. The van der Waals surface area contributed by atoms with Crippen LogP contribution < -0.4 is 25.1 Å². The minimum atomic E-state index is -0.446. The lowest BCUT2D eigenvalue weighted by molar-refractivity contribution is -0.384. The molecule has 0 unspecified atom stereocenters. The standard InChI is InChI=1S/C21H20N8O4/c30-29(31)16-6-4-15(5-7-16)23-19-24-20(26-21(25-19)28-9-1-2-10-28)27-22-12-14-3-8-17-18(11-14)33-13-32-17/h3-8,11-12H,1-2,9-10,13H2,(H2,23,24,25,26,27). The van der Waals surface area contributed by atoms with Gasteiger partial charge >= 0.3 is 0 Å². The van der Waals surface area contributed by atoms with Crippen molar-refractivity contribution in [2.45, 2.75) is 12.8 Å². The summed E-state index contributed by atoms with van der Waals surface area (Å²) in [5.41, 5.74) is 4.31. The van der Waals surface area contributed by atoms with E-state index in [1.54, 1.807) is 18.3 Å². The van der Waals surface area contributed by atoms with Gasteiger partial charge < -0.3 is 19.7 Å². The number of fused-ring (bicyclic) bond motifs is 1. The van der Waals surface area contributed by atoms with Gasteiger partial charge in [-0.05, 0) is 48.7 Å². The van der Waals surface area contributed by atoms with Crippen molar-refractivity contribution < 1.29 is 14.4 Å². The number of hydrazone groups is 1. The lowest BCUT2D eigenvalue weighted by Gasteiger charge is -2.16. The minimum Gasteiger partial charge on any atom is -0.454 e. The number of aromatic nitrogens is 3. The molecule has 3 heterocycles. The summed E-state index contributed by atoms with van der Waals surface area (Å²) >= 11 is 0. The molecule has 3 aromatic rings. The van der Waals surface area contributed by atoms with Crippen LogP contribution in [0.1, 0.15) is 18.4 Å². The van der Waals surface area contributed by atoms with Crippen LogP contribution in [-0.2, 0) is 0 Å². The summed E-state index contributed by atoms with van der Waals surface area (Å²) in [6.45, 7) is 1.94. The normalized spacial score (nSPS) is 14.6. The highest BCUT2D eigenvalue weighted by Crippen LogP contribution is 2.32. The van der Waals surface area contributed by atoms with Crippen molar-refractivity contribution in [2.24, 2.45) is 5.10 Å². The monoisotopic (exact) mass is 448 g/mol. The first-order chi connectivity index (χ1) is 16.1. The van der Waals surface area contributed by atoms with E-state index in [4.69, 9.17) is 9.47 Å². The Hall–Kier alpha value is -4.48. The van der Waals surface area contributed by atoms with Gasteiger partial charge in [-0.25, -0.2) is 5.43 Å². The van der Waals surface area contributed by atoms with Crippen LogP contribution >= 0.6 is 0 Å². The van der Waals surface area contributed by atoms with E-state index in [1.165, 1.54) is 12.1 Å². The van der Waals surface area contributed by atoms with E-state index in [1.807, 2.05) is 18.2 Å². The number of nitrogens with one attached hydrogen (secondary N) is 2. The second-order valence-electron chi connectivity index (χ2n) is 7.39. The van der Waals surface area contributed by atoms with Crippen LogP contribution in [0.25, 0.3) is 0 Å². The molecule has 2 aliphatic heterocycles. The summed E-state index contributed by atoms with van der Waals surface area (Å²) in [5, 5.41) is 18.2. The predicted molar refractivity (Wildman–Crippen MR) is 121 cm³/mol. The Morgan fingerprint density at radius 2 is 1.76 bits per heavy atom. The molecule has 1 aromatic heterocycles. The maximum absolute atomic E-state index is 10.9. The average molecular weight is 448 g/mol. The van der Waals surface area contributed by atoms with Crippen LogP contribution in [0, 0.1) is 10.1 Å². The van der Waals surface area contributed by atoms with Gasteiger partial charge in [0.2, 0.25) is 24.6 Å². The molecule has 12 heteroatoms. The molecule has 2 aliphatic rings. The molecule has 5 rings (SSSR count). The molecule has 1 fully saturated rings. The number of benzene rings is 2. The maximum atomic E-state index is 10.9. The molecule has 33 heavy (non-hydrogen) atoms. The number of anilines is 4. The van der Waals surface area contributed by atoms with Gasteiger partial charge in [-0.3, -0.25) is 10.1 Å². The Kier molecular flexibility index (Phi) is 5.54. The van der Waals surface area contributed by atoms with Gasteiger partial charge in [0.15, 0.2) is 11.5 Å². The van der Waals surface area contributed by atoms with E-state index < -0.39 is 4.92 Å². The van der Waals surface area contributed by atoms with Crippen molar-refractivity contribution in [3.63, 3.8) is 0 Å². The number of nitrogens with zero attached hydrogens (tertiary/aromatic N) is 6. The highest BCUT2D eigenvalue weighted by Gasteiger charge is 2.18. The zero-order valence-corrected chi connectivity index (χ0v) is 17.5. The fourth-order valence-electron chi connectivity index (χ4n) is 3.48. The van der Waals surface area contributed by atoms with E-state index >= 15 is 0 Å². The third-order valence-electron chi connectivity index (χ3n) is 5.12. The zero-order valence-electron chi connectivity index (χ0n) is 17.5. The Morgan fingerprint density at radius 1 is 1.00 bits per heavy atom. The van der Waals surface area contributed by atoms with Gasteiger partial charge in [-0.2, -0.15) is 20.1 Å². The molecule has 0 aliphatic carbocycles. The SMILES string of the molecule is O=[N+]([O-])c1ccc(Nc2nc(NN=Cc3ccc4c(c3)OCO4)nc(N3CCCC3)n2)cc1. The van der Waals surface area contributed by atoms with Crippen LogP contribution in [0.3, 0.4) is 0 Å². The Labute approximate surface area is 188 Å².